The zero-order valence-electron chi connectivity index (χ0n) is 16.2. The number of esters is 2. The minimum Gasteiger partial charge on any atom is -0.466 e. The van der Waals surface area contributed by atoms with Gasteiger partial charge in [-0.3, -0.25) is 9.59 Å². The quantitative estimate of drug-likeness (QED) is 0.658. The van der Waals surface area contributed by atoms with E-state index >= 15 is 0 Å². The average Bonchev–Trinajstić information content (AvgIpc) is 3.06. The average molecular weight is 436 g/mol. The number of halogens is 1. The zero-order chi connectivity index (χ0) is 21.0. The number of thiophene rings is 1. The van der Waals surface area contributed by atoms with E-state index in [2.05, 4.69) is 5.32 Å². The number of rotatable bonds is 6. The Balaban J connectivity index is 2.02. The number of amides is 1. The lowest BCUT2D eigenvalue weighted by Gasteiger charge is -2.22. The van der Waals surface area contributed by atoms with Crippen molar-refractivity contribution in [2.75, 3.05) is 18.5 Å². The Hall–Kier alpha value is -2.38. The third-order valence-electron chi connectivity index (χ3n) is 4.63. The minimum absolute atomic E-state index is 0.190. The van der Waals surface area contributed by atoms with Crippen LogP contribution in [-0.4, -0.2) is 31.1 Å². The van der Waals surface area contributed by atoms with Crippen LogP contribution < -0.4 is 5.32 Å². The highest BCUT2D eigenvalue weighted by Gasteiger charge is 2.36. The highest BCUT2D eigenvalue weighted by Crippen LogP contribution is 2.44. The standard InChI is InChI=1S/C21H22ClNO5S/c1-3-27-20(25)14-9-6-10-15-16(14)17(21(26)28-4-2)19(29-15)23-18(24)12-7-5-8-13(22)11-12/h5,7-8,11,14H,3-4,6,9-10H2,1-2H3,(H,23,24). The summed E-state index contributed by atoms with van der Waals surface area (Å²) in [4.78, 5) is 38.9. The van der Waals surface area contributed by atoms with Crippen LogP contribution in [0.15, 0.2) is 24.3 Å². The van der Waals surface area contributed by atoms with Gasteiger partial charge in [0.05, 0.1) is 24.7 Å². The smallest absolute Gasteiger partial charge is 0.341 e. The first kappa shape index (κ1) is 21.3. The molecule has 1 unspecified atom stereocenters. The van der Waals surface area contributed by atoms with Crippen LogP contribution in [0.1, 0.15) is 63.8 Å². The van der Waals surface area contributed by atoms with Gasteiger partial charge in [-0.25, -0.2) is 4.79 Å². The van der Waals surface area contributed by atoms with Crippen LogP contribution in [0.3, 0.4) is 0 Å². The van der Waals surface area contributed by atoms with E-state index in [0.717, 1.165) is 17.7 Å². The Morgan fingerprint density at radius 3 is 2.66 bits per heavy atom. The molecule has 1 aliphatic carbocycles. The van der Waals surface area contributed by atoms with Crippen molar-refractivity contribution in [2.45, 2.75) is 39.0 Å². The van der Waals surface area contributed by atoms with Crippen LogP contribution in [0.2, 0.25) is 5.02 Å². The van der Waals surface area contributed by atoms with Crippen molar-refractivity contribution in [3.63, 3.8) is 0 Å². The Bertz CT molecular complexity index is 939. The van der Waals surface area contributed by atoms with Gasteiger partial charge in [-0.1, -0.05) is 17.7 Å². The number of fused-ring (bicyclic) bond motifs is 1. The lowest BCUT2D eigenvalue weighted by molar-refractivity contribution is -0.145. The molecule has 0 fully saturated rings. The second kappa shape index (κ2) is 9.41. The van der Waals surface area contributed by atoms with Crippen molar-refractivity contribution in [1.82, 2.24) is 0 Å². The molecule has 0 saturated heterocycles. The van der Waals surface area contributed by atoms with E-state index in [4.69, 9.17) is 21.1 Å². The number of aryl methyl sites for hydroxylation is 1. The van der Waals surface area contributed by atoms with Gasteiger partial charge in [0, 0.05) is 15.5 Å². The van der Waals surface area contributed by atoms with Gasteiger partial charge in [-0.05, 0) is 56.9 Å². The molecule has 0 bridgehead atoms. The van der Waals surface area contributed by atoms with E-state index in [1.807, 2.05) is 0 Å². The summed E-state index contributed by atoms with van der Waals surface area (Å²) < 4.78 is 10.4. The van der Waals surface area contributed by atoms with Gasteiger partial charge in [-0.2, -0.15) is 0 Å². The molecule has 6 nitrogen and oxygen atoms in total. The maximum absolute atomic E-state index is 12.8. The molecular formula is C21H22ClNO5S. The van der Waals surface area contributed by atoms with Gasteiger partial charge in [0.25, 0.3) is 5.91 Å². The Morgan fingerprint density at radius 1 is 1.21 bits per heavy atom. The van der Waals surface area contributed by atoms with Crippen LogP contribution in [0.4, 0.5) is 5.00 Å². The van der Waals surface area contributed by atoms with Gasteiger partial charge in [0.1, 0.15) is 5.00 Å². The van der Waals surface area contributed by atoms with Crippen LogP contribution in [-0.2, 0) is 20.7 Å². The molecule has 154 valence electrons. The molecule has 0 aliphatic heterocycles. The van der Waals surface area contributed by atoms with Gasteiger partial charge >= 0.3 is 11.9 Å². The molecular weight excluding hydrogens is 414 g/mol. The molecule has 0 radical (unpaired) electrons. The summed E-state index contributed by atoms with van der Waals surface area (Å²) in [5.41, 5.74) is 1.25. The molecule has 1 aromatic heterocycles. The SMILES string of the molecule is CCOC(=O)c1c(NC(=O)c2cccc(Cl)c2)sc2c1C(C(=O)OCC)CCC2. The van der Waals surface area contributed by atoms with Crippen molar-refractivity contribution >= 4 is 45.8 Å². The van der Waals surface area contributed by atoms with E-state index in [1.54, 1.807) is 38.1 Å². The van der Waals surface area contributed by atoms with E-state index in [-0.39, 0.29) is 30.7 Å². The fraction of sp³-hybridized carbons (Fsp3) is 0.381. The number of nitrogens with one attached hydrogen (secondary N) is 1. The molecule has 1 atom stereocenters. The number of anilines is 1. The lowest BCUT2D eigenvalue weighted by Crippen LogP contribution is -2.23. The van der Waals surface area contributed by atoms with Crippen LogP contribution in [0.25, 0.3) is 0 Å². The molecule has 8 heteroatoms. The molecule has 0 saturated carbocycles. The van der Waals surface area contributed by atoms with Crippen molar-refractivity contribution in [3.8, 4) is 0 Å². The molecule has 1 amide bonds. The van der Waals surface area contributed by atoms with Gasteiger partial charge in [-0.15, -0.1) is 11.3 Å². The Morgan fingerprint density at radius 2 is 1.97 bits per heavy atom. The Labute approximate surface area is 178 Å². The monoisotopic (exact) mass is 435 g/mol. The van der Waals surface area contributed by atoms with Gasteiger partial charge in [0.15, 0.2) is 0 Å². The predicted molar refractivity (Wildman–Crippen MR) is 112 cm³/mol. The molecule has 3 rings (SSSR count). The van der Waals surface area contributed by atoms with Gasteiger partial charge < -0.3 is 14.8 Å². The Kier molecular flexibility index (Phi) is 6.92. The van der Waals surface area contributed by atoms with E-state index in [1.165, 1.54) is 11.3 Å². The highest BCUT2D eigenvalue weighted by atomic mass is 35.5. The summed E-state index contributed by atoms with van der Waals surface area (Å²) in [5, 5.41) is 3.63. The molecule has 2 aromatic rings. The second-order valence-electron chi connectivity index (χ2n) is 6.52. The number of ether oxygens (including phenoxy) is 2. The number of benzene rings is 1. The normalized spacial score (nSPS) is 15.3. The van der Waals surface area contributed by atoms with Crippen molar-refractivity contribution in [3.05, 3.63) is 50.9 Å². The summed E-state index contributed by atoms with van der Waals surface area (Å²) in [7, 11) is 0. The first-order valence-corrected chi connectivity index (χ1v) is 10.7. The predicted octanol–water partition coefficient (Wildman–Crippen LogP) is 4.81. The molecule has 29 heavy (non-hydrogen) atoms. The van der Waals surface area contributed by atoms with Crippen LogP contribution >= 0.6 is 22.9 Å². The summed E-state index contributed by atoms with van der Waals surface area (Å²) in [6, 6.07) is 6.55. The van der Waals surface area contributed by atoms with Crippen molar-refractivity contribution in [1.29, 1.82) is 0 Å². The first-order chi connectivity index (χ1) is 14.0. The van der Waals surface area contributed by atoms with Crippen LogP contribution in [0.5, 0.6) is 0 Å². The zero-order valence-corrected chi connectivity index (χ0v) is 17.8. The number of hydrogen-bond acceptors (Lipinski definition) is 6. The third kappa shape index (κ3) is 4.62. The number of carbonyl (C=O) groups is 3. The molecule has 1 aromatic carbocycles. The number of hydrogen-bond donors (Lipinski definition) is 1. The number of carbonyl (C=O) groups excluding carboxylic acids is 3. The molecule has 1 aliphatic rings. The lowest BCUT2D eigenvalue weighted by atomic mass is 9.85. The fourth-order valence-corrected chi connectivity index (χ4v) is 4.91. The summed E-state index contributed by atoms with van der Waals surface area (Å²) in [6.07, 6.45) is 2.13. The van der Waals surface area contributed by atoms with Crippen LogP contribution in [0, 0.1) is 0 Å². The first-order valence-electron chi connectivity index (χ1n) is 9.52. The fourth-order valence-electron chi connectivity index (χ4n) is 3.43. The molecule has 1 N–H and O–H groups in total. The third-order valence-corrected chi connectivity index (χ3v) is 6.05. The van der Waals surface area contributed by atoms with E-state index in [9.17, 15) is 14.4 Å². The molecule has 1 heterocycles. The van der Waals surface area contributed by atoms with E-state index < -0.39 is 11.9 Å². The van der Waals surface area contributed by atoms with E-state index in [0.29, 0.717) is 27.6 Å². The maximum atomic E-state index is 12.8. The summed E-state index contributed by atoms with van der Waals surface area (Å²) >= 11 is 7.29. The highest BCUT2D eigenvalue weighted by molar-refractivity contribution is 7.17. The largest absolute Gasteiger partial charge is 0.466 e. The topological polar surface area (TPSA) is 81.7 Å². The summed E-state index contributed by atoms with van der Waals surface area (Å²) in [5.74, 6) is -1.83. The van der Waals surface area contributed by atoms with Crippen molar-refractivity contribution < 1.29 is 23.9 Å². The second-order valence-corrected chi connectivity index (χ2v) is 8.07. The summed E-state index contributed by atoms with van der Waals surface area (Å²) in [6.45, 7) is 3.92. The maximum Gasteiger partial charge on any atom is 0.341 e. The minimum atomic E-state index is -0.553. The van der Waals surface area contributed by atoms with Gasteiger partial charge in [0.2, 0.25) is 0 Å². The van der Waals surface area contributed by atoms with Crippen molar-refractivity contribution in [2.24, 2.45) is 0 Å². The molecule has 0 spiro atoms.